The number of hydrogen-bond donors (Lipinski definition) is 1. The lowest BCUT2D eigenvalue weighted by Crippen LogP contribution is -2.27. The van der Waals surface area contributed by atoms with Crippen LogP contribution in [-0.4, -0.2) is 28.9 Å². The van der Waals surface area contributed by atoms with Gasteiger partial charge in [0.05, 0.1) is 12.5 Å². The Labute approximate surface area is 110 Å². The van der Waals surface area contributed by atoms with Crippen molar-refractivity contribution in [2.45, 2.75) is 12.3 Å². The molecule has 2 aromatic rings. The van der Waals surface area contributed by atoms with Crippen LogP contribution in [0.3, 0.4) is 0 Å². The number of amidine groups is 1. The smallest absolute Gasteiger partial charge is 0.107 e. The van der Waals surface area contributed by atoms with E-state index in [2.05, 4.69) is 26.3 Å². The van der Waals surface area contributed by atoms with Gasteiger partial charge in [-0.2, -0.15) is 0 Å². The number of rotatable bonds is 4. The van der Waals surface area contributed by atoms with Crippen LogP contribution in [0.5, 0.6) is 0 Å². The molecule has 92 valence electrons. The van der Waals surface area contributed by atoms with Crippen LogP contribution in [0.15, 0.2) is 41.0 Å². The zero-order valence-electron chi connectivity index (χ0n) is 9.91. The molecule has 1 N–H and O–H groups in total. The van der Waals surface area contributed by atoms with Gasteiger partial charge in [-0.1, -0.05) is 6.07 Å². The first kappa shape index (κ1) is 11.3. The maximum atomic E-state index is 4.53. The van der Waals surface area contributed by atoms with Crippen molar-refractivity contribution in [1.82, 2.24) is 15.3 Å². The van der Waals surface area contributed by atoms with Crippen molar-refractivity contribution in [1.29, 1.82) is 0 Å². The predicted molar refractivity (Wildman–Crippen MR) is 73.1 cm³/mol. The van der Waals surface area contributed by atoms with E-state index in [0.29, 0.717) is 0 Å². The third-order valence-corrected chi connectivity index (χ3v) is 3.81. The third kappa shape index (κ3) is 2.41. The zero-order valence-corrected chi connectivity index (χ0v) is 10.7. The van der Waals surface area contributed by atoms with Gasteiger partial charge in [0.1, 0.15) is 10.8 Å². The standard InChI is InChI=1S/C13H14N4S/c1-2-4-14-10(3-1)9-11(12-15-5-6-16-12)13-17-7-8-18-13/h1-4,7-8,11H,5-6,9H2,(H,15,16). The highest BCUT2D eigenvalue weighted by molar-refractivity contribution is 7.09. The van der Waals surface area contributed by atoms with Crippen LogP contribution in [0.2, 0.25) is 0 Å². The molecule has 5 heteroatoms. The van der Waals surface area contributed by atoms with Crippen LogP contribution in [-0.2, 0) is 6.42 Å². The largest absolute Gasteiger partial charge is 0.371 e. The van der Waals surface area contributed by atoms with Gasteiger partial charge in [0.25, 0.3) is 0 Å². The van der Waals surface area contributed by atoms with E-state index < -0.39 is 0 Å². The number of aromatic nitrogens is 2. The number of nitrogens with zero attached hydrogens (tertiary/aromatic N) is 3. The minimum absolute atomic E-state index is 0.211. The van der Waals surface area contributed by atoms with Gasteiger partial charge < -0.3 is 5.32 Å². The molecule has 0 fully saturated rings. The average Bonchev–Trinajstić information content (AvgIpc) is 3.11. The van der Waals surface area contributed by atoms with E-state index in [1.54, 1.807) is 11.3 Å². The van der Waals surface area contributed by atoms with E-state index in [9.17, 15) is 0 Å². The summed E-state index contributed by atoms with van der Waals surface area (Å²) in [6.45, 7) is 1.79. The third-order valence-electron chi connectivity index (χ3n) is 2.92. The van der Waals surface area contributed by atoms with Gasteiger partial charge in [-0.05, 0) is 12.1 Å². The monoisotopic (exact) mass is 258 g/mol. The molecule has 1 atom stereocenters. The molecule has 3 heterocycles. The Kier molecular flexibility index (Phi) is 3.32. The highest BCUT2D eigenvalue weighted by atomic mass is 32.1. The van der Waals surface area contributed by atoms with Crippen molar-refractivity contribution >= 4 is 17.2 Å². The van der Waals surface area contributed by atoms with E-state index in [1.165, 1.54) is 0 Å². The van der Waals surface area contributed by atoms with Gasteiger partial charge >= 0.3 is 0 Å². The number of thiazole rings is 1. The van der Waals surface area contributed by atoms with Crippen molar-refractivity contribution in [3.05, 3.63) is 46.7 Å². The van der Waals surface area contributed by atoms with E-state index in [1.807, 2.05) is 29.9 Å². The van der Waals surface area contributed by atoms with Gasteiger partial charge in [-0.3, -0.25) is 9.98 Å². The lowest BCUT2D eigenvalue weighted by Gasteiger charge is -2.14. The summed E-state index contributed by atoms with van der Waals surface area (Å²) in [5.74, 6) is 1.26. The van der Waals surface area contributed by atoms with Crippen LogP contribution in [0, 0.1) is 0 Å². The highest BCUT2D eigenvalue weighted by Crippen LogP contribution is 2.24. The first-order chi connectivity index (χ1) is 8.93. The second-order valence-electron chi connectivity index (χ2n) is 4.14. The first-order valence-corrected chi connectivity index (χ1v) is 6.89. The van der Waals surface area contributed by atoms with Crippen LogP contribution in [0.25, 0.3) is 0 Å². The first-order valence-electron chi connectivity index (χ1n) is 6.01. The number of aliphatic imine (C=N–C) groups is 1. The SMILES string of the molecule is c1ccc(CC(C2=NCCN2)c2nccs2)nc1. The number of pyridine rings is 1. The van der Waals surface area contributed by atoms with Gasteiger partial charge in [0.2, 0.25) is 0 Å². The van der Waals surface area contributed by atoms with Gasteiger partial charge in [-0.15, -0.1) is 11.3 Å². The maximum Gasteiger partial charge on any atom is 0.107 e. The Morgan fingerprint density at radius 3 is 2.94 bits per heavy atom. The summed E-state index contributed by atoms with van der Waals surface area (Å²) in [5.41, 5.74) is 1.08. The lowest BCUT2D eigenvalue weighted by molar-refractivity contribution is 0.810. The van der Waals surface area contributed by atoms with Crippen LogP contribution < -0.4 is 5.32 Å². The molecule has 0 radical (unpaired) electrons. The van der Waals surface area contributed by atoms with Crippen LogP contribution >= 0.6 is 11.3 Å². The Morgan fingerprint density at radius 1 is 1.28 bits per heavy atom. The van der Waals surface area contributed by atoms with Crippen molar-refractivity contribution in [3.8, 4) is 0 Å². The Hall–Kier alpha value is -1.75. The van der Waals surface area contributed by atoms with E-state index in [0.717, 1.165) is 36.0 Å². The number of nitrogens with one attached hydrogen (secondary N) is 1. The van der Waals surface area contributed by atoms with Crippen LogP contribution in [0.1, 0.15) is 16.6 Å². The predicted octanol–water partition coefficient (Wildman–Crippen LogP) is 1.87. The molecule has 0 bridgehead atoms. The molecule has 2 aromatic heterocycles. The summed E-state index contributed by atoms with van der Waals surface area (Å²) in [6.07, 6.45) is 4.53. The molecular formula is C13H14N4S. The molecule has 3 rings (SSSR count). The van der Waals surface area contributed by atoms with Gasteiger partial charge in [0, 0.05) is 36.4 Å². The Bertz CT molecular complexity index is 521. The van der Waals surface area contributed by atoms with Crippen molar-refractivity contribution in [2.24, 2.45) is 4.99 Å². The lowest BCUT2D eigenvalue weighted by atomic mass is 10.0. The molecule has 1 unspecified atom stereocenters. The zero-order chi connectivity index (χ0) is 12.2. The molecule has 0 aromatic carbocycles. The van der Waals surface area contributed by atoms with Gasteiger partial charge in [0.15, 0.2) is 0 Å². The molecule has 0 saturated heterocycles. The molecule has 1 aliphatic rings. The molecule has 0 aliphatic carbocycles. The minimum Gasteiger partial charge on any atom is -0.371 e. The van der Waals surface area contributed by atoms with Crippen LogP contribution in [0.4, 0.5) is 0 Å². The van der Waals surface area contributed by atoms with Crippen molar-refractivity contribution in [3.63, 3.8) is 0 Å². The topological polar surface area (TPSA) is 50.2 Å². The number of hydrogen-bond acceptors (Lipinski definition) is 5. The summed E-state index contributed by atoms with van der Waals surface area (Å²) >= 11 is 1.68. The molecule has 4 nitrogen and oxygen atoms in total. The second-order valence-corrected chi connectivity index (χ2v) is 5.07. The quantitative estimate of drug-likeness (QED) is 0.910. The fraction of sp³-hybridized carbons (Fsp3) is 0.308. The fourth-order valence-electron chi connectivity index (χ4n) is 2.09. The molecule has 0 saturated carbocycles. The summed E-state index contributed by atoms with van der Waals surface area (Å²) in [7, 11) is 0. The Morgan fingerprint density at radius 2 is 2.28 bits per heavy atom. The van der Waals surface area contributed by atoms with E-state index in [-0.39, 0.29) is 5.92 Å². The summed E-state index contributed by atoms with van der Waals surface area (Å²) in [6, 6.07) is 6.01. The van der Waals surface area contributed by atoms with Crippen molar-refractivity contribution in [2.75, 3.05) is 13.1 Å². The summed E-state index contributed by atoms with van der Waals surface area (Å²) in [4.78, 5) is 13.4. The minimum atomic E-state index is 0.211. The van der Waals surface area contributed by atoms with Crippen molar-refractivity contribution < 1.29 is 0 Å². The molecule has 1 aliphatic heterocycles. The summed E-state index contributed by atoms with van der Waals surface area (Å²) < 4.78 is 0. The van der Waals surface area contributed by atoms with Gasteiger partial charge in [-0.25, -0.2) is 4.98 Å². The second kappa shape index (κ2) is 5.27. The summed E-state index contributed by atoms with van der Waals surface area (Å²) in [5, 5.41) is 6.47. The molecular weight excluding hydrogens is 244 g/mol. The normalized spacial score (nSPS) is 16.1. The molecule has 18 heavy (non-hydrogen) atoms. The average molecular weight is 258 g/mol. The molecule has 0 spiro atoms. The van der Waals surface area contributed by atoms with E-state index >= 15 is 0 Å². The Balaban J connectivity index is 1.86. The molecule has 0 amide bonds. The van der Waals surface area contributed by atoms with E-state index in [4.69, 9.17) is 0 Å². The maximum absolute atomic E-state index is 4.53. The fourth-order valence-corrected chi connectivity index (χ4v) is 2.83. The highest BCUT2D eigenvalue weighted by Gasteiger charge is 2.23.